The third kappa shape index (κ3) is 5.17. The summed E-state index contributed by atoms with van der Waals surface area (Å²) in [5, 5.41) is 20.4. The van der Waals surface area contributed by atoms with Crippen molar-refractivity contribution < 1.29 is 19.4 Å². The van der Waals surface area contributed by atoms with E-state index in [2.05, 4.69) is 20.5 Å². The number of methoxy groups -OCH3 is 1. The van der Waals surface area contributed by atoms with Crippen LogP contribution in [0.15, 0.2) is 36.7 Å². The molecule has 2 amide bonds. The second-order valence-electron chi connectivity index (χ2n) is 8.59. The van der Waals surface area contributed by atoms with E-state index in [1.54, 1.807) is 28.8 Å². The van der Waals surface area contributed by atoms with Crippen LogP contribution in [0.2, 0.25) is 0 Å². The van der Waals surface area contributed by atoms with Crippen molar-refractivity contribution in [3.05, 3.63) is 53.3 Å². The van der Waals surface area contributed by atoms with E-state index >= 15 is 0 Å². The lowest BCUT2D eigenvalue weighted by atomic mass is 9.96. The molecule has 0 bridgehead atoms. The topological polar surface area (TPSA) is 122 Å². The van der Waals surface area contributed by atoms with Crippen LogP contribution in [-0.2, 0) is 17.8 Å². The Morgan fingerprint density at radius 3 is 2.83 bits per heavy atom. The third-order valence-electron chi connectivity index (χ3n) is 6.13. The Morgan fingerprint density at radius 2 is 2.09 bits per heavy atom. The van der Waals surface area contributed by atoms with Crippen molar-refractivity contribution in [1.82, 2.24) is 24.6 Å². The van der Waals surface area contributed by atoms with Crippen LogP contribution in [0.1, 0.15) is 54.2 Å². The molecular weight excluding hydrogens is 448 g/mol. The maximum absolute atomic E-state index is 13.2. The first-order chi connectivity index (χ1) is 16.9. The number of carbonyl (C=O) groups is 2. The number of rotatable bonds is 8. The largest absolute Gasteiger partial charge is 0.496 e. The average Bonchev–Trinajstić information content (AvgIpc) is 3.37. The van der Waals surface area contributed by atoms with Crippen LogP contribution in [0.3, 0.4) is 0 Å². The molecular formula is C25H30N6O4. The van der Waals surface area contributed by atoms with Gasteiger partial charge in [-0.15, -0.1) is 10.2 Å². The summed E-state index contributed by atoms with van der Waals surface area (Å²) < 4.78 is 7.24. The normalized spacial score (nSPS) is 13.8. The summed E-state index contributed by atoms with van der Waals surface area (Å²) in [7, 11) is 1.53. The second kappa shape index (κ2) is 10.6. The Bertz CT molecular complexity index is 1220. The summed E-state index contributed by atoms with van der Waals surface area (Å²) in [6, 6.07) is 8.69. The van der Waals surface area contributed by atoms with Gasteiger partial charge in [0.05, 0.1) is 25.3 Å². The first kappa shape index (κ1) is 24.3. The Kier molecular flexibility index (Phi) is 7.40. The molecule has 3 heterocycles. The lowest BCUT2D eigenvalue weighted by Gasteiger charge is -2.29. The van der Waals surface area contributed by atoms with Crippen molar-refractivity contribution in [2.45, 2.75) is 45.7 Å². The number of hydrogen-bond acceptors (Lipinski definition) is 7. The van der Waals surface area contributed by atoms with Gasteiger partial charge in [-0.05, 0) is 55.2 Å². The predicted octanol–water partition coefficient (Wildman–Crippen LogP) is 2.84. The third-order valence-corrected chi connectivity index (χ3v) is 6.13. The van der Waals surface area contributed by atoms with E-state index in [1.165, 1.54) is 13.4 Å². The molecule has 0 unspecified atom stereocenters. The molecule has 1 aromatic carbocycles. The Labute approximate surface area is 204 Å². The number of fused-ring (bicyclic) bond motifs is 1. The summed E-state index contributed by atoms with van der Waals surface area (Å²) in [4.78, 5) is 32.0. The number of hydrogen-bond donors (Lipinski definition) is 2. The van der Waals surface area contributed by atoms with Gasteiger partial charge in [-0.25, -0.2) is 4.98 Å². The zero-order valence-corrected chi connectivity index (χ0v) is 20.2. The minimum absolute atomic E-state index is 0.0684. The summed E-state index contributed by atoms with van der Waals surface area (Å²) in [5.74, 6) is 1.08. The smallest absolute Gasteiger partial charge is 0.260 e. The number of nitrogens with zero attached hydrogens (tertiary/aromatic N) is 5. The quantitative estimate of drug-likeness (QED) is 0.510. The van der Waals surface area contributed by atoms with Gasteiger partial charge >= 0.3 is 0 Å². The Morgan fingerprint density at radius 1 is 1.26 bits per heavy atom. The molecule has 0 spiro atoms. The Balaban J connectivity index is 1.58. The number of anilines is 1. The van der Waals surface area contributed by atoms with Gasteiger partial charge in [-0.3, -0.25) is 9.59 Å². The summed E-state index contributed by atoms with van der Waals surface area (Å²) in [5.41, 5.74) is 2.92. The van der Waals surface area contributed by atoms with Crippen LogP contribution in [0.5, 0.6) is 5.75 Å². The van der Waals surface area contributed by atoms with E-state index in [0.29, 0.717) is 48.2 Å². The molecule has 10 nitrogen and oxygen atoms in total. The van der Waals surface area contributed by atoms with Crippen molar-refractivity contribution in [3.8, 4) is 17.3 Å². The molecule has 2 aromatic heterocycles. The molecule has 10 heteroatoms. The highest BCUT2D eigenvalue weighted by Gasteiger charge is 2.24. The molecule has 0 saturated heterocycles. The molecule has 1 aliphatic heterocycles. The van der Waals surface area contributed by atoms with Crippen molar-refractivity contribution in [1.29, 1.82) is 0 Å². The predicted molar refractivity (Wildman–Crippen MR) is 130 cm³/mol. The van der Waals surface area contributed by atoms with Gasteiger partial charge in [-0.1, -0.05) is 13.0 Å². The maximum Gasteiger partial charge on any atom is 0.260 e. The second-order valence-corrected chi connectivity index (χ2v) is 8.59. The molecule has 0 radical (unpaired) electrons. The van der Waals surface area contributed by atoms with Crippen LogP contribution in [0, 0.1) is 0 Å². The fourth-order valence-corrected chi connectivity index (χ4v) is 4.17. The molecule has 4 rings (SSSR count). The van der Waals surface area contributed by atoms with Gasteiger partial charge in [0.15, 0.2) is 5.82 Å². The van der Waals surface area contributed by atoms with Gasteiger partial charge in [0.25, 0.3) is 5.91 Å². The van der Waals surface area contributed by atoms with E-state index in [1.807, 2.05) is 24.8 Å². The number of ether oxygens (including phenoxy) is 1. The highest BCUT2D eigenvalue weighted by atomic mass is 16.5. The maximum atomic E-state index is 13.2. The highest BCUT2D eigenvalue weighted by molar-refractivity contribution is 6.06. The van der Waals surface area contributed by atoms with Crippen molar-refractivity contribution in [2.24, 2.45) is 0 Å². The van der Waals surface area contributed by atoms with E-state index in [9.17, 15) is 14.7 Å². The highest BCUT2D eigenvalue weighted by Crippen LogP contribution is 2.29. The molecule has 3 aromatic rings. The lowest BCUT2D eigenvalue weighted by molar-refractivity contribution is -0.132. The van der Waals surface area contributed by atoms with Gasteiger partial charge in [-0.2, -0.15) is 0 Å². The van der Waals surface area contributed by atoms with Gasteiger partial charge in [0, 0.05) is 19.5 Å². The van der Waals surface area contributed by atoms with Gasteiger partial charge in [0.2, 0.25) is 5.91 Å². The van der Waals surface area contributed by atoms with Crippen LogP contribution in [-0.4, -0.2) is 61.8 Å². The first-order valence-electron chi connectivity index (χ1n) is 11.7. The van der Waals surface area contributed by atoms with Crippen molar-refractivity contribution in [2.75, 3.05) is 25.6 Å². The number of benzene rings is 1. The zero-order chi connectivity index (χ0) is 24.9. The minimum Gasteiger partial charge on any atom is -0.496 e. The minimum atomic E-state index is -0.364. The number of aromatic nitrogens is 4. The zero-order valence-electron chi connectivity index (χ0n) is 20.2. The first-order valence-corrected chi connectivity index (χ1v) is 11.7. The fraction of sp³-hybridized carbons (Fsp3) is 0.400. The monoisotopic (exact) mass is 478 g/mol. The molecule has 35 heavy (non-hydrogen) atoms. The average molecular weight is 479 g/mol. The molecule has 0 fully saturated rings. The van der Waals surface area contributed by atoms with Crippen molar-refractivity contribution in [3.63, 3.8) is 0 Å². The Hall–Kier alpha value is -3.79. The van der Waals surface area contributed by atoms with Crippen molar-refractivity contribution >= 4 is 17.6 Å². The number of aliphatic hydroxyl groups excluding tert-OH is 1. The number of aliphatic hydroxyl groups is 1. The van der Waals surface area contributed by atoms with E-state index < -0.39 is 0 Å². The summed E-state index contributed by atoms with van der Waals surface area (Å²) in [6.07, 6.45) is 3.58. The number of nitrogens with one attached hydrogen (secondary N) is 1. The van der Waals surface area contributed by atoms with Crippen LogP contribution in [0.4, 0.5) is 5.82 Å². The summed E-state index contributed by atoms with van der Waals surface area (Å²) in [6.45, 7) is 4.91. The fourth-order valence-electron chi connectivity index (χ4n) is 4.17. The van der Waals surface area contributed by atoms with Crippen LogP contribution in [0.25, 0.3) is 11.5 Å². The molecule has 184 valence electrons. The lowest BCUT2D eigenvalue weighted by Crippen LogP contribution is -2.36. The molecule has 2 N–H and O–H groups in total. The molecule has 1 aliphatic rings. The van der Waals surface area contributed by atoms with E-state index in [-0.39, 0.29) is 24.5 Å². The number of carbonyl (C=O) groups excluding carboxylic acids is 2. The number of pyridine rings is 1. The van der Waals surface area contributed by atoms with Crippen LogP contribution >= 0.6 is 0 Å². The standard InChI is InChI=1S/C25H30N6O4/c1-4-6-23(33)30-10-9-17-12-21(35-3)19(11-18(17)13-30)25(34)28-22-8-5-7-20(27-22)24-29-26-15-31(24)16(2)14-32/h5,7-8,11-12,15-16,32H,4,6,9-10,13-14H2,1-3H3,(H,27,28,34)/t16-/m1/s1. The number of amides is 2. The SMILES string of the molecule is CCCC(=O)N1CCc2cc(OC)c(C(=O)Nc3cccc(-c4nncn4[C@H](C)CO)n3)cc2C1. The van der Waals surface area contributed by atoms with Crippen LogP contribution < -0.4 is 10.1 Å². The summed E-state index contributed by atoms with van der Waals surface area (Å²) >= 11 is 0. The molecule has 0 saturated carbocycles. The van der Waals surface area contributed by atoms with E-state index in [0.717, 1.165) is 24.0 Å². The van der Waals surface area contributed by atoms with Gasteiger partial charge < -0.3 is 24.6 Å². The van der Waals surface area contributed by atoms with Gasteiger partial charge in [0.1, 0.15) is 23.6 Å². The van der Waals surface area contributed by atoms with E-state index in [4.69, 9.17) is 4.74 Å². The molecule has 0 aliphatic carbocycles. The molecule has 1 atom stereocenters.